The standard InChI is InChI=1S/C17H17NO2S/c1-13-6-7-14(4-2-10-19)12-16(13)17(20)18-9-8-15-5-3-11-21-15/h3,5-7,11-12,19H,8-10H2,1H3,(H,18,20). The highest BCUT2D eigenvalue weighted by Crippen LogP contribution is 2.11. The Morgan fingerprint density at radius 1 is 1.38 bits per heavy atom. The van der Waals surface area contributed by atoms with Crippen molar-refractivity contribution in [2.45, 2.75) is 13.3 Å². The maximum atomic E-state index is 12.2. The molecule has 1 amide bonds. The first-order chi connectivity index (χ1) is 10.2. The monoisotopic (exact) mass is 299 g/mol. The minimum atomic E-state index is -0.184. The average molecular weight is 299 g/mol. The molecule has 3 nitrogen and oxygen atoms in total. The van der Waals surface area contributed by atoms with E-state index in [0.717, 1.165) is 17.5 Å². The number of hydrogen-bond acceptors (Lipinski definition) is 3. The number of carbonyl (C=O) groups excluding carboxylic acids is 1. The summed E-state index contributed by atoms with van der Waals surface area (Å²) < 4.78 is 0. The fourth-order valence-corrected chi connectivity index (χ4v) is 2.64. The van der Waals surface area contributed by atoms with E-state index in [2.05, 4.69) is 23.2 Å². The Morgan fingerprint density at radius 2 is 2.24 bits per heavy atom. The Balaban J connectivity index is 2.00. The van der Waals surface area contributed by atoms with Crippen LogP contribution in [0.4, 0.5) is 0 Å². The Kier molecular flexibility index (Phi) is 5.56. The average Bonchev–Trinajstić information content (AvgIpc) is 2.99. The van der Waals surface area contributed by atoms with Crippen LogP contribution in [-0.4, -0.2) is 24.2 Å². The van der Waals surface area contributed by atoms with Crippen molar-refractivity contribution in [2.75, 3.05) is 13.2 Å². The van der Waals surface area contributed by atoms with Crippen LogP contribution in [0.5, 0.6) is 0 Å². The van der Waals surface area contributed by atoms with Gasteiger partial charge in [0.25, 0.3) is 5.91 Å². The van der Waals surface area contributed by atoms with Crippen LogP contribution >= 0.6 is 11.3 Å². The van der Waals surface area contributed by atoms with Crippen molar-refractivity contribution in [1.29, 1.82) is 0 Å². The Morgan fingerprint density at radius 3 is 2.95 bits per heavy atom. The van der Waals surface area contributed by atoms with Crippen LogP contribution in [0.3, 0.4) is 0 Å². The molecular weight excluding hydrogens is 282 g/mol. The molecule has 2 N–H and O–H groups in total. The first kappa shape index (κ1) is 15.3. The van der Waals surface area contributed by atoms with Gasteiger partial charge in [0.15, 0.2) is 0 Å². The molecule has 0 aliphatic heterocycles. The molecule has 0 aliphatic carbocycles. The lowest BCUT2D eigenvalue weighted by molar-refractivity contribution is 0.0953. The first-order valence-electron chi connectivity index (χ1n) is 6.71. The van der Waals surface area contributed by atoms with E-state index in [1.807, 2.05) is 30.5 Å². The minimum Gasteiger partial charge on any atom is -0.384 e. The highest BCUT2D eigenvalue weighted by molar-refractivity contribution is 7.09. The number of nitrogens with one attached hydrogen (secondary N) is 1. The van der Waals surface area contributed by atoms with Gasteiger partial charge in [-0.2, -0.15) is 0 Å². The molecule has 1 aromatic carbocycles. The van der Waals surface area contributed by atoms with Gasteiger partial charge in [0.05, 0.1) is 0 Å². The van der Waals surface area contributed by atoms with Gasteiger partial charge in [-0.1, -0.05) is 24.0 Å². The second-order valence-electron chi connectivity index (χ2n) is 4.57. The van der Waals surface area contributed by atoms with Crippen LogP contribution in [0.2, 0.25) is 0 Å². The molecular formula is C17H17NO2S. The lowest BCUT2D eigenvalue weighted by Crippen LogP contribution is -2.26. The van der Waals surface area contributed by atoms with Gasteiger partial charge in [-0.15, -0.1) is 11.3 Å². The molecule has 0 unspecified atom stereocenters. The summed E-state index contributed by atoms with van der Waals surface area (Å²) in [7, 11) is 0. The number of rotatable bonds is 4. The van der Waals surface area contributed by atoms with Gasteiger partial charge >= 0.3 is 0 Å². The van der Waals surface area contributed by atoms with Gasteiger partial charge in [-0.3, -0.25) is 4.79 Å². The van der Waals surface area contributed by atoms with E-state index >= 15 is 0 Å². The maximum Gasteiger partial charge on any atom is 0.251 e. The highest BCUT2D eigenvalue weighted by atomic mass is 32.1. The third kappa shape index (κ3) is 4.45. The minimum absolute atomic E-state index is 0.0864. The third-order valence-corrected chi connectivity index (χ3v) is 3.97. The van der Waals surface area contributed by atoms with E-state index in [9.17, 15) is 4.79 Å². The van der Waals surface area contributed by atoms with E-state index in [1.165, 1.54) is 4.88 Å². The predicted molar refractivity (Wildman–Crippen MR) is 85.5 cm³/mol. The molecule has 0 atom stereocenters. The molecule has 0 bridgehead atoms. The molecule has 21 heavy (non-hydrogen) atoms. The van der Waals surface area contributed by atoms with Gasteiger partial charge in [-0.25, -0.2) is 0 Å². The second-order valence-corrected chi connectivity index (χ2v) is 5.61. The molecule has 0 spiro atoms. The molecule has 0 saturated heterocycles. The number of benzene rings is 1. The highest BCUT2D eigenvalue weighted by Gasteiger charge is 2.09. The van der Waals surface area contributed by atoms with E-state index in [4.69, 9.17) is 5.11 Å². The summed E-state index contributed by atoms with van der Waals surface area (Å²) in [5.74, 6) is 5.32. The predicted octanol–water partition coefficient (Wildman–Crippen LogP) is 2.37. The molecule has 1 heterocycles. The zero-order valence-electron chi connectivity index (χ0n) is 11.8. The number of aliphatic hydroxyl groups excluding tert-OH is 1. The van der Waals surface area contributed by atoms with E-state index in [1.54, 1.807) is 17.4 Å². The summed E-state index contributed by atoms with van der Waals surface area (Å²) in [6.45, 7) is 2.33. The first-order valence-corrected chi connectivity index (χ1v) is 7.59. The molecule has 0 aliphatic rings. The van der Waals surface area contributed by atoms with Gasteiger partial charge in [0.2, 0.25) is 0 Å². The molecule has 1 aromatic heterocycles. The summed E-state index contributed by atoms with van der Waals surface area (Å²) >= 11 is 1.69. The van der Waals surface area contributed by atoms with Gasteiger partial charge in [0, 0.05) is 22.5 Å². The lowest BCUT2D eigenvalue weighted by Gasteiger charge is -2.07. The van der Waals surface area contributed by atoms with Crippen LogP contribution < -0.4 is 5.32 Å². The zero-order valence-corrected chi connectivity index (χ0v) is 12.7. The number of aliphatic hydroxyl groups is 1. The van der Waals surface area contributed by atoms with Crippen molar-refractivity contribution in [2.24, 2.45) is 0 Å². The van der Waals surface area contributed by atoms with E-state index in [-0.39, 0.29) is 12.5 Å². The van der Waals surface area contributed by atoms with Crippen LogP contribution in [0.1, 0.15) is 26.4 Å². The smallest absolute Gasteiger partial charge is 0.251 e. The summed E-state index contributed by atoms with van der Waals surface area (Å²) in [4.78, 5) is 13.5. The van der Waals surface area contributed by atoms with Crippen molar-refractivity contribution < 1.29 is 9.90 Å². The van der Waals surface area contributed by atoms with Crippen LogP contribution in [-0.2, 0) is 6.42 Å². The maximum absolute atomic E-state index is 12.2. The molecule has 0 saturated carbocycles. The van der Waals surface area contributed by atoms with Crippen LogP contribution in [0.25, 0.3) is 0 Å². The fourth-order valence-electron chi connectivity index (χ4n) is 1.94. The quantitative estimate of drug-likeness (QED) is 0.852. The van der Waals surface area contributed by atoms with Crippen molar-refractivity contribution in [3.8, 4) is 11.8 Å². The molecule has 2 rings (SSSR count). The molecule has 108 valence electrons. The molecule has 4 heteroatoms. The molecule has 0 radical (unpaired) electrons. The van der Waals surface area contributed by atoms with E-state index < -0.39 is 0 Å². The summed E-state index contributed by atoms with van der Waals surface area (Å²) in [5, 5.41) is 13.7. The van der Waals surface area contributed by atoms with Crippen molar-refractivity contribution in [1.82, 2.24) is 5.32 Å². The topological polar surface area (TPSA) is 49.3 Å². The Bertz CT molecular complexity index is 666. The summed E-state index contributed by atoms with van der Waals surface area (Å²) in [6, 6.07) is 9.55. The Hall–Kier alpha value is -2.09. The van der Waals surface area contributed by atoms with Crippen molar-refractivity contribution >= 4 is 17.2 Å². The van der Waals surface area contributed by atoms with Gasteiger partial charge in [-0.05, 0) is 42.5 Å². The normalized spacial score (nSPS) is 9.81. The van der Waals surface area contributed by atoms with Gasteiger partial charge in [0.1, 0.15) is 6.61 Å². The van der Waals surface area contributed by atoms with Crippen molar-refractivity contribution in [3.05, 3.63) is 57.3 Å². The molecule has 0 fully saturated rings. The summed E-state index contributed by atoms with van der Waals surface area (Å²) in [6.07, 6.45) is 0.840. The fraction of sp³-hybridized carbons (Fsp3) is 0.235. The number of carbonyl (C=O) groups is 1. The lowest BCUT2D eigenvalue weighted by atomic mass is 10.0. The van der Waals surface area contributed by atoms with Crippen molar-refractivity contribution in [3.63, 3.8) is 0 Å². The summed E-state index contributed by atoms with van der Waals surface area (Å²) in [5.41, 5.74) is 2.28. The largest absolute Gasteiger partial charge is 0.384 e. The second kappa shape index (κ2) is 7.63. The SMILES string of the molecule is Cc1ccc(C#CCO)cc1C(=O)NCCc1cccs1. The number of aryl methyl sites for hydroxylation is 1. The van der Waals surface area contributed by atoms with Crippen LogP contribution in [0, 0.1) is 18.8 Å². The molecule has 2 aromatic rings. The van der Waals surface area contributed by atoms with E-state index in [0.29, 0.717) is 12.1 Å². The third-order valence-electron chi connectivity index (χ3n) is 3.03. The van der Waals surface area contributed by atoms with Crippen LogP contribution in [0.15, 0.2) is 35.7 Å². The zero-order chi connectivity index (χ0) is 15.1. The Labute approximate surface area is 128 Å². The number of amides is 1. The number of hydrogen-bond donors (Lipinski definition) is 2. The van der Waals surface area contributed by atoms with Gasteiger partial charge < -0.3 is 10.4 Å². The number of thiophene rings is 1.